The summed E-state index contributed by atoms with van der Waals surface area (Å²) in [5.74, 6) is -0.164. The predicted molar refractivity (Wildman–Crippen MR) is 114 cm³/mol. The number of halogens is 1. The molecule has 0 saturated heterocycles. The Morgan fingerprint density at radius 3 is 2.57 bits per heavy atom. The summed E-state index contributed by atoms with van der Waals surface area (Å²) in [5, 5.41) is 13.7. The first kappa shape index (κ1) is 18.3. The molecule has 0 unspecified atom stereocenters. The van der Waals surface area contributed by atoms with Crippen LogP contribution in [-0.2, 0) is 13.1 Å². The number of amides is 1. The van der Waals surface area contributed by atoms with Gasteiger partial charge < -0.3 is 10.0 Å². The number of hydrogen-bond acceptors (Lipinski definition) is 4. The molecule has 0 aliphatic carbocycles. The SMILES string of the molecule is O=C(N/N=C/c1ccccc1O)c1ccc2c(c1)CN(c1ccc(Br)cc1)C2. The van der Waals surface area contributed by atoms with Gasteiger partial charge in [-0.15, -0.1) is 0 Å². The van der Waals surface area contributed by atoms with Crippen molar-refractivity contribution in [3.05, 3.63) is 93.5 Å². The fourth-order valence-electron chi connectivity index (χ4n) is 3.19. The van der Waals surface area contributed by atoms with Crippen molar-refractivity contribution in [1.82, 2.24) is 5.43 Å². The average molecular weight is 436 g/mol. The van der Waals surface area contributed by atoms with Crippen LogP contribution in [0.5, 0.6) is 5.75 Å². The van der Waals surface area contributed by atoms with Gasteiger partial charge in [0.15, 0.2) is 0 Å². The molecule has 1 heterocycles. The van der Waals surface area contributed by atoms with Crippen molar-refractivity contribution in [2.45, 2.75) is 13.1 Å². The molecule has 1 aliphatic rings. The smallest absolute Gasteiger partial charge is 0.271 e. The number of hydrogen-bond donors (Lipinski definition) is 2. The number of fused-ring (bicyclic) bond motifs is 1. The van der Waals surface area contributed by atoms with Crippen LogP contribution < -0.4 is 10.3 Å². The van der Waals surface area contributed by atoms with Crippen molar-refractivity contribution < 1.29 is 9.90 Å². The number of para-hydroxylation sites is 1. The minimum absolute atomic E-state index is 0.117. The van der Waals surface area contributed by atoms with Crippen molar-refractivity contribution >= 4 is 33.7 Å². The first-order valence-electron chi connectivity index (χ1n) is 8.84. The fraction of sp³-hybridized carbons (Fsp3) is 0.0909. The highest BCUT2D eigenvalue weighted by Gasteiger charge is 2.20. The number of anilines is 1. The van der Waals surface area contributed by atoms with E-state index in [1.165, 1.54) is 11.8 Å². The van der Waals surface area contributed by atoms with Crippen LogP contribution in [0, 0.1) is 0 Å². The Bertz CT molecular complexity index is 1050. The summed E-state index contributed by atoms with van der Waals surface area (Å²) in [6.45, 7) is 1.59. The van der Waals surface area contributed by atoms with Crippen molar-refractivity contribution in [3.8, 4) is 5.75 Å². The summed E-state index contributed by atoms with van der Waals surface area (Å²) in [6, 6.07) is 20.8. The zero-order valence-corrected chi connectivity index (χ0v) is 16.6. The molecule has 0 spiro atoms. The molecular weight excluding hydrogens is 418 g/mol. The number of rotatable bonds is 4. The topological polar surface area (TPSA) is 64.9 Å². The number of carbonyl (C=O) groups is 1. The van der Waals surface area contributed by atoms with Gasteiger partial charge in [0.2, 0.25) is 0 Å². The van der Waals surface area contributed by atoms with E-state index >= 15 is 0 Å². The largest absolute Gasteiger partial charge is 0.507 e. The molecule has 0 saturated carbocycles. The van der Waals surface area contributed by atoms with E-state index in [0.29, 0.717) is 11.1 Å². The number of nitrogens with zero attached hydrogens (tertiary/aromatic N) is 2. The lowest BCUT2D eigenvalue weighted by Gasteiger charge is -2.17. The third kappa shape index (κ3) is 3.92. The van der Waals surface area contributed by atoms with Crippen LogP contribution in [0.4, 0.5) is 5.69 Å². The Balaban J connectivity index is 1.44. The number of nitrogens with one attached hydrogen (secondary N) is 1. The van der Waals surface area contributed by atoms with Gasteiger partial charge in [-0.05, 0) is 59.7 Å². The maximum absolute atomic E-state index is 12.4. The van der Waals surface area contributed by atoms with Crippen LogP contribution in [0.2, 0.25) is 0 Å². The molecule has 3 aromatic carbocycles. The van der Waals surface area contributed by atoms with Gasteiger partial charge in [0, 0.05) is 34.4 Å². The maximum atomic E-state index is 12.4. The van der Waals surface area contributed by atoms with Gasteiger partial charge in [-0.1, -0.05) is 34.1 Å². The van der Waals surface area contributed by atoms with E-state index in [-0.39, 0.29) is 11.7 Å². The fourth-order valence-corrected chi connectivity index (χ4v) is 3.46. The second-order valence-electron chi connectivity index (χ2n) is 6.57. The van der Waals surface area contributed by atoms with Crippen LogP contribution in [0.15, 0.2) is 76.3 Å². The standard InChI is InChI=1S/C22H18BrN3O2/c23-19-7-9-20(10-8-19)26-13-17-6-5-15(11-18(17)14-26)22(28)25-24-12-16-3-1-2-4-21(16)27/h1-12,27H,13-14H2,(H,25,28)/b24-12+. The lowest BCUT2D eigenvalue weighted by atomic mass is 10.1. The summed E-state index contributed by atoms with van der Waals surface area (Å²) >= 11 is 3.46. The first-order valence-corrected chi connectivity index (χ1v) is 9.63. The Labute approximate surface area is 171 Å². The van der Waals surface area contributed by atoms with Crippen LogP contribution in [0.25, 0.3) is 0 Å². The normalized spacial score (nSPS) is 13.0. The summed E-state index contributed by atoms with van der Waals surface area (Å²) < 4.78 is 1.05. The van der Waals surface area contributed by atoms with E-state index in [0.717, 1.165) is 28.8 Å². The molecule has 5 nitrogen and oxygen atoms in total. The van der Waals surface area contributed by atoms with Crippen molar-refractivity contribution in [1.29, 1.82) is 0 Å². The van der Waals surface area contributed by atoms with Crippen LogP contribution in [0.1, 0.15) is 27.0 Å². The molecule has 1 aliphatic heterocycles. The molecule has 0 aromatic heterocycles. The molecule has 0 radical (unpaired) electrons. The highest BCUT2D eigenvalue weighted by atomic mass is 79.9. The highest BCUT2D eigenvalue weighted by molar-refractivity contribution is 9.10. The third-order valence-electron chi connectivity index (χ3n) is 4.69. The number of benzene rings is 3. The lowest BCUT2D eigenvalue weighted by molar-refractivity contribution is 0.0955. The van der Waals surface area contributed by atoms with E-state index in [4.69, 9.17) is 0 Å². The molecule has 0 atom stereocenters. The monoisotopic (exact) mass is 435 g/mol. The highest BCUT2D eigenvalue weighted by Crippen LogP contribution is 2.29. The zero-order valence-electron chi connectivity index (χ0n) is 15.0. The number of carbonyl (C=O) groups excluding carboxylic acids is 1. The molecule has 0 fully saturated rings. The molecule has 28 heavy (non-hydrogen) atoms. The zero-order chi connectivity index (χ0) is 19.5. The second kappa shape index (κ2) is 7.86. The number of phenolic OH excluding ortho intramolecular Hbond substituents is 1. The van der Waals surface area contributed by atoms with Gasteiger partial charge in [-0.3, -0.25) is 4.79 Å². The molecule has 2 N–H and O–H groups in total. The van der Waals surface area contributed by atoms with Crippen molar-refractivity contribution in [2.24, 2.45) is 5.10 Å². The summed E-state index contributed by atoms with van der Waals surface area (Å²) in [4.78, 5) is 14.7. The predicted octanol–water partition coefficient (Wildman–Crippen LogP) is 4.44. The second-order valence-corrected chi connectivity index (χ2v) is 7.49. The molecule has 0 bridgehead atoms. The number of hydrazone groups is 1. The lowest BCUT2D eigenvalue weighted by Crippen LogP contribution is -2.18. The van der Waals surface area contributed by atoms with Gasteiger partial charge in [-0.25, -0.2) is 5.43 Å². The quantitative estimate of drug-likeness (QED) is 0.470. The molecular formula is C22H18BrN3O2. The molecule has 3 aromatic rings. The summed E-state index contributed by atoms with van der Waals surface area (Å²) in [7, 11) is 0. The van der Waals surface area contributed by atoms with E-state index in [1.54, 1.807) is 24.3 Å². The van der Waals surface area contributed by atoms with Gasteiger partial charge >= 0.3 is 0 Å². The Morgan fingerprint density at radius 2 is 1.79 bits per heavy atom. The van der Waals surface area contributed by atoms with Crippen molar-refractivity contribution in [2.75, 3.05) is 4.90 Å². The van der Waals surface area contributed by atoms with E-state index < -0.39 is 0 Å². The average Bonchev–Trinajstić information content (AvgIpc) is 3.13. The summed E-state index contributed by atoms with van der Waals surface area (Å²) in [5.41, 5.74) is 7.13. The first-order chi connectivity index (χ1) is 13.6. The van der Waals surface area contributed by atoms with Gasteiger partial charge in [0.05, 0.1) is 6.21 Å². The molecule has 4 rings (SSSR count). The van der Waals surface area contributed by atoms with Gasteiger partial charge in [-0.2, -0.15) is 5.10 Å². The van der Waals surface area contributed by atoms with Gasteiger partial charge in [0.1, 0.15) is 5.75 Å². The van der Waals surface area contributed by atoms with E-state index in [2.05, 4.69) is 43.5 Å². The Hall–Kier alpha value is -3.12. The number of aromatic hydroxyl groups is 1. The maximum Gasteiger partial charge on any atom is 0.271 e. The molecule has 140 valence electrons. The molecule has 6 heteroatoms. The minimum atomic E-state index is -0.281. The van der Waals surface area contributed by atoms with Gasteiger partial charge in [0.25, 0.3) is 5.91 Å². The third-order valence-corrected chi connectivity index (χ3v) is 5.22. The van der Waals surface area contributed by atoms with E-state index in [1.807, 2.05) is 30.3 Å². The minimum Gasteiger partial charge on any atom is -0.507 e. The number of phenols is 1. The van der Waals surface area contributed by atoms with Crippen LogP contribution in [-0.4, -0.2) is 17.2 Å². The van der Waals surface area contributed by atoms with Crippen LogP contribution in [0.3, 0.4) is 0 Å². The van der Waals surface area contributed by atoms with Crippen molar-refractivity contribution in [3.63, 3.8) is 0 Å². The summed E-state index contributed by atoms with van der Waals surface area (Å²) in [6.07, 6.45) is 1.43. The van der Waals surface area contributed by atoms with Crippen LogP contribution >= 0.6 is 15.9 Å². The Morgan fingerprint density at radius 1 is 1.04 bits per heavy atom. The van der Waals surface area contributed by atoms with E-state index in [9.17, 15) is 9.90 Å². The Kier molecular flexibility index (Phi) is 5.12. The molecule has 1 amide bonds.